The number of hydrogen-bond acceptors (Lipinski definition) is 4. The third-order valence-corrected chi connectivity index (χ3v) is 4.72. The first-order valence-corrected chi connectivity index (χ1v) is 7.66. The third kappa shape index (κ3) is 2.57. The molecule has 122 valence electrons. The number of nitrogens with zero attached hydrogens (tertiary/aromatic N) is 1. The minimum atomic E-state index is -0.623. The zero-order valence-electron chi connectivity index (χ0n) is 12.5. The number of ether oxygens (including phenoxy) is 1. The molecule has 1 aromatic rings. The average Bonchev–Trinajstić information content (AvgIpc) is 2.95. The first-order valence-electron chi connectivity index (χ1n) is 7.28. The minimum Gasteiger partial charge on any atom is -0.467 e. The summed E-state index contributed by atoms with van der Waals surface area (Å²) < 4.78 is 19.1. The molecule has 2 heterocycles. The molecule has 2 atom stereocenters. The number of anilines is 1. The Kier molecular flexibility index (Phi) is 4.02. The van der Waals surface area contributed by atoms with E-state index in [2.05, 4.69) is 0 Å². The molecule has 2 unspecified atom stereocenters. The Labute approximate surface area is 137 Å². The second kappa shape index (κ2) is 5.85. The van der Waals surface area contributed by atoms with Gasteiger partial charge in [-0.1, -0.05) is 11.6 Å². The molecule has 2 N–H and O–H groups in total. The molecular weight excluding hydrogens is 323 g/mol. The Balaban J connectivity index is 1.98. The van der Waals surface area contributed by atoms with Crippen LogP contribution in [-0.2, 0) is 14.3 Å². The monoisotopic (exact) mass is 338 g/mol. The molecule has 3 rings (SSSR count). The molecule has 2 aliphatic heterocycles. The van der Waals surface area contributed by atoms with Gasteiger partial charge in [0.25, 0.3) is 0 Å². The molecule has 7 heteroatoms. The van der Waals surface area contributed by atoms with Gasteiger partial charge in [0.15, 0.2) is 5.82 Å². The lowest BCUT2D eigenvalue weighted by Gasteiger charge is -2.32. The van der Waals surface area contributed by atoms with Crippen LogP contribution in [0.5, 0.6) is 0 Å². The van der Waals surface area contributed by atoms with E-state index in [4.69, 9.17) is 22.1 Å². The first-order chi connectivity index (χ1) is 10.9. The molecule has 0 bridgehead atoms. The molecule has 1 amide bonds. The largest absolute Gasteiger partial charge is 0.467 e. The maximum Gasteiger partial charge on any atom is 0.328 e. The van der Waals surface area contributed by atoms with Crippen LogP contribution in [0, 0.1) is 5.82 Å². The summed E-state index contributed by atoms with van der Waals surface area (Å²) in [5, 5.41) is -0.0381. The summed E-state index contributed by atoms with van der Waals surface area (Å²) in [5.41, 5.74) is 6.79. The first kappa shape index (κ1) is 15.8. The van der Waals surface area contributed by atoms with Gasteiger partial charge in [-0.15, -0.1) is 0 Å². The summed E-state index contributed by atoms with van der Waals surface area (Å²) in [6, 6.07) is 2.17. The SMILES string of the molecule is COC(=O)C1CCC2CC(c3c(N)ccc(Cl)c3F)=CC(=O)N21. The topological polar surface area (TPSA) is 72.6 Å². The molecule has 0 radical (unpaired) electrons. The number of methoxy groups -OCH3 is 1. The van der Waals surface area contributed by atoms with E-state index in [0.717, 1.165) is 0 Å². The lowest BCUT2D eigenvalue weighted by Crippen LogP contribution is -2.46. The van der Waals surface area contributed by atoms with Gasteiger partial charge in [-0.25, -0.2) is 9.18 Å². The average molecular weight is 339 g/mol. The fourth-order valence-electron chi connectivity index (χ4n) is 3.39. The van der Waals surface area contributed by atoms with Crippen LogP contribution in [0.25, 0.3) is 5.57 Å². The fourth-order valence-corrected chi connectivity index (χ4v) is 3.54. The predicted molar refractivity (Wildman–Crippen MR) is 84.1 cm³/mol. The second-order valence-corrected chi connectivity index (χ2v) is 6.12. The van der Waals surface area contributed by atoms with Crippen molar-refractivity contribution in [3.8, 4) is 0 Å². The number of fused-ring (bicyclic) bond motifs is 1. The summed E-state index contributed by atoms with van der Waals surface area (Å²) in [6.07, 6.45) is 2.96. The Bertz CT molecular complexity index is 720. The van der Waals surface area contributed by atoms with E-state index in [1.54, 1.807) is 0 Å². The van der Waals surface area contributed by atoms with Gasteiger partial charge in [-0.2, -0.15) is 0 Å². The number of carbonyl (C=O) groups is 2. The number of esters is 1. The van der Waals surface area contributed by atoms with Crippen molar-refractivity contribution in [2.75, 3.05) is 12.8 Å². The van der Waals surface area contributed by atoms with E-state index in [0.29, 0.717) is 24.8 Å². The normalized spacial score (nSPS) is 23.5. The predicted octanol–water partition coefficient (Wildman–Crippen LogP) is 2.38. The van der Waals surface area contributed by atoms with E-state index < -0.39 is 17.8 Å². The molecule has 5 nitrogen and oxygen atoms in total. The zero-order chi connectivity index (χ0) is 16.7. The Morgan fingerprint density at radius 1 is 1.43 bits per heavy atom. The molecule has 23 heavy (non-hydrogen) atoms. The number of halogens is 2. The van der Waals surface area contributed by atoms with Crippen molar-refractivity contribution in [3.05, 3.63) is 34.6 Å². The van der Waals surface area contributed by atoms with Crippen molar-refractivity contribution in [1.29, 1.82) is 0 Å². The zero-order valence-corrected chi connectivity index (χ0v) is 13.3. The van der Waals surface area contributed by atoms with Gasteiger partial charge >= 0.3 is 5.97 Å². The van der Waals surface area contributed by atoms with Crippen molar-refractivity contribution >= 4 is 34.7 Å². The van der Waals surface area contributed by atoms with Crippen LogP contribution >= 0.6 is 11.6 Å². The van der Waals surface area contributed by atoms with Gasteiger partial charge in [0, 0.05) is 23.4 Å². The van der Waals surface area contributed by atoms with E-state index in [9.17, 15) is 14.0 Å². The van der Waals surface area contributed by atoms with Crippen molar-refractivity contribution in [2.24, 2.45) is 0 Å². The van der Waals surface area contributed by atoms with Crippen molar-refractivity contribution < 1.29 is 18.7 Å². The Morgan fingerprint density at radius 2 is 2.17 bits per heavy atom. The second-order valence-electron chi connectivity index (χ2n) is 5.71. The molecule has 0 aliphatic carbocycles. The highest BCUT2D eigenvalue weighted by molar-refractivity contribution is 6.31. The number of carbonyl (C=O) groups excluding carboxylic acids is 2. The fraction of sp³-hybridized carbons (Fsp3) is 0.375. The molecule has 1 saturated heterocycles. The number of benzene rings is 1. The molecule has 1 aromatic carbocycles. The maximum absolute atomic E-state index is 14.3. The van der Waals surface area contributed by atoms with Crippen LogP contribution in [0.4, 0.5) is 10.1 Å². The molecule has 2 aliphatic rings. The molecule has 0 aromatic heterocycles. The van der Waals surface area contributed by atoms with E-state index in [1.165, 1.54) is 30.2 Å². The smallest absolute Gasteiger partial charge is 0.328 e. The number of nitrogens with two attached hydrogens (primary N) is 1. The highest BCUT2D eigenvalue weighted by Crippen LogP contribution is 2.39. The summed E-state index contributed by atoms with van der Waals surface area (Å²) in [5.74, 6) is -1.38. The number of amides is 1. The van der Waals surface area contributed by atoms with Crippen LogP contribution in [-0.4, -0.2) is 36.0 Å². The van der Waals surface area contributed by atoms with Gasteiger partial charge in [-0.05, 0) is 37.0 Å². The molecule has 1 fully saturated rings. The summed E-state index contributed by atoms with van der Waals surface area (Å²) in [4.78, 5) is 25.7. The third-order valence-electron chi connectivity index (χ3n) is 4.43. The summed E-state index contributed by atoms with van der Waals surface area (Å²) in [6.45, 7) is 0. The summed E-state index contributed by atoms with van der Waals surface area (Å²) in [7, 11) is 1.30. The Hall–Kier alpha value is -2.08. The van der Waals surface area contributed by atoms with Crippen molar-refractivity contribution in [2.45, 2.75) is 31.3 Å². The van der Waals surface area contributed by atoms with Gasteiger partial charge < -0.3 is 15.4 Å². The number of hydrogen-bond donors (Lipinski definition) is 1. The van der Waals surface area contributed by atoms with E-state index in [1.807, 2.05) is 0 Å². The van der Waals surface area contributed by atoms with Crippen LogP contribution < -0.4 is 5.73 Å². The maximum atomic E-state index is 14.3. The van der Waals surface area contributed by atoms with Crippen LogP contribution in [0.15, 0.2) is 18.2 Å². The Morgan fingerprint density at radius 3 is 2.87 bits per heavy atom. The van der Waals surface area contributed by atoms with Gasteiger partial charge in [-0.3, -0.25) is 4.79 Å². The summed E-state index contributed by atoms with van der Waals surface area (Å²) >= 11 is 5.82. The highest BCUT2D eigenvalue weighted by Gasteiger charge is 2.43. The lowest BCUT2D eigenvalue weighted by molar-refractivity contribution is -0.150. The minimum absolute atomic E-state index is 0.0381. The van der Waals surface area contributed by atoms with Crippen LogP contribution in [0.1, 0.15) is 24.8 Å². The number of rotatable bonds is 2. The van der Waals surface area contributed by atoms with E-state index >= 15 is 0 Å². The number of nitrogen functional groups attached to an aromatic ring is 1. The van der Waals surface area contributed by atoms with Crippen LogP contribution in [0.2, 0.25) is 5.02 Å². The van der Waals surface area contributed by atoms with E-state index in [-0.39, 0.29) is 28.2 Å². The molecule has 0 spiro atoms. The molecular formula is C16H16ClFN2O3. The quantitative estimate of drug-likeness (QED) is 0.664. The molecule has 0 saturated carbocycles. The van der Waals surface area contributed by atoms with Gasteiger partial charge in [0.05, 0.1) is 12.1 Å². The van der Waals surface area contributed by atoms with Gasteiger partial charge in [0.2, 0.25) is 5.91 Å². The van der Waals surface area contributed by atoms with Crippen LogP contribution in [0.3, 0.4) is 0 Å². The van der Waals surface area contributed by atoms with Gasteiger partial charge in [0.1, 0.15) is 6.04 Å². The van der Waals surface area contributed by atoms with Crippen molar-refractivity contribution in [1.82, 2.24) is 4.90 Å². The lowest BCUT2D eigenvalue weighted by atomic mass is 9.92. The standard InChI is InChI=1S/C16H16ClFN2O3/c1-23-16(22)12-5-2-9-6-8(7-13(21)20(9)12)14-11(19)4-3-10(17)15(14)18/h3-4,7,9,12H,2,5-6,19H2,1H3. The van der Waals surface area contributed by atoms with Crippen molar-refractivity contribution in [3.63, 3.8) is 0 Å². The highest BCUT2D eigenvalue weighted by atomic mass is 35.5.